The van der Waals surface area contributed by atoms with Gasteiger partial charge in [0.25, 0.3) is 0 Å². The fraction of sp³-hybridized carbons (Fsp3) is 0.381. The highest BCUT2D eigenvalue weighted by molar-refractivity contribution is 7.89. The van der Waals surface area contributed by atoms with Crippen LogP contribution in [-0.4, -0.2) is 37.8 Å². The minimum absolute atomic E-state index is 0.0409. The summed E-state index contributed by atoms with van der Waals surface area (Å²) in [6, 6.07) is 12.5. The Morgan fingerprint density at radius 3 is 2.59 bits per heavy atom. The Hall–Kier alpha value is -2.09. The Kier molecular flexibility index (Phi) is 7.16. The van der Waals surface area contributed by atoms with Crippen molar-refractivity contribution < 1.29 is 17.9 Å². The van der Waals surface area contributed by atoms with Gasteiger partial charge in [-0.3, -0.25) is 4.79 Å². The molecule has 1 heterocycles. The molecule has 0 saturated carbocycles. The van der Waals surface area contributed by atoms with Crippen molar-refractivity contribution in [2.24, 2.45) is 0 Å². The molecule has 0 aromatic heterocycles. The van der Waals surface area contributed by atoms with Crippen molar-refractivity contribution in [2.75, 3.05) is 13.2 Å². The number of ether oxygens (including phenoxy) is 1. The van der Waals surface area contributed by atoms with Crippen LogP contribution in [-0.2, 0) is 21.4 Å². The summed E-state index contributed by atoms with van der Waals surface area (Å²) in [5.41, 5.74) is 0.712. The lowest BCUT2D eigenvalue weighted by Crippen LogP contribution is -2.48. The maximum absolute atomic E-state index is 13.5. The second kappa shape index (κ2) is 9.61. The molecule has 2 aromatic rings. The first-order chi connectivity index (χ1) is 13.9. The van der Waals surface area contributed by atoms with Gasteiger partial charge in [0.2, 0.25) is 15.9 Å². The van der Waals surface area contributed by atoms with Gasteiger partial charge in [-0.2, -0.15) is 4.31 Å². The number of halogens is 1. The Bertz CT molecular complexity index is 947. The number of hydrogen-bond donors (Lipinski definition) is 1. The maximum atomic E-state index is 13.5. The van der Waals surface area contributed by atoms with Crippen molar-refractivity contribution >= 4 is 27.5 Å². The molecular weight excluding hydrogens is 412 g/mol. The summed E-state index contributed by atoms with van der Waals surface area (Å²) in [4.78, 5) is 12.8. The zero-order valence-corrected chi connectivity index (χ0v) is 17.9. The van der Waals surface area contributed by atoms with Crippen molar-refractivity contribution in [3.8, 4) is 5.75 Å². The van der Waals surface area contributed by atoms with Gasteiger partial charge in [0.05, 0.1) is 11.5 Å². The summed E-state index contributed by atoms with van der Waals surface area (Å²) in [5.74, 6) is 0.342. The molecule has 1 unspecified atom stereocenters. The van der Waals surface area contributed by atoms with Crippen LogP contribution in [0.5, 0.6) is 5.75 Å². The van der Waals surface area contributed by atoms with E-state index in [1.54, 1.807) is 6.07 Å². The molecule has 0 spiro atoms. The normalized spacial score (nSPS) is 17.6. The SMILES string of the molecule is CCOc1ccccc1CN(C1CCCCNC1=O)S(=O)(=O)c1ccc(Cl)cc1. The molecule has 29 heavy (non-hydrogen) atoms. The highest BCUT2D eigenvalue weighted by Crippen LogP contribution is 2.28. The van der Waals surface area contributed by atoms with E-state index in [1.807, 2.05) is 25.1 Å². The third kappa shape index (κ3) is 5.10. The number of hydrogen-bond acceptors (Lipinski definition) is 4. The summed E-state index contributed by atoms with van der Waals surface area (Å²) in [7, 11) is -3.94. The van der Waals surface area contributed by atoms with Crippen molar-refractivity contribution in [3.05, 3.63) is 59.1 Å². The summed E-state index contributed by atoms with van der Waals surface area (Å²) in [6.07, 6.45) is 2.06. The van der Waals surface area contributed by atoms with Crippen LogP contribution in [0.1, 0.15) is 31.7 Å². The lowest BCUT2D eigenvalue weighted by atomic mass is 10.1. The van der Waals surface area contributed by atoms with E-state index in [4.69, 9.17) is 16.3 Å². The Labute approximate surface area is 176 Å². The summed E-state index contributed by atoms with van der Waals surface area (Å²) >= 11 is 5.93. The molecule has 6 nitrogen and oxygen atoms in total. The molecule has 3 rings (SSSR count). The van der Waals surface area contributed by atoms with Crippen molar-refractivity contribution in [3.63, 3.8) is 0 Å². The zero-order chi connectivity index (χ0) is 20.9. The van der Waals surface area contributed by atoms with E-state index in [0.717, 1.165) is 12.8 Å². The molecular formula is C21H25ClN2O4S. The van der Waals surface area contributed by atoms with Crippen LogP contribution in [0.25, 0.3) is 0 Å². The average Bonchev–Trinajstić information content (AvgIpc) is 2.92. The van der Waals surface area contributed by atoms with E-state index in [1.165, 1.54) is 28.6 Å². The van der Waals surface area contributed by atoms with Crippen LogP contribution < -0.4 is 10.1 Å². The molecule has 0 aliphatic carbocycles. The van der Waals surface area contributed by atoms with Gasteiger partial charge in [-0.05, 0) is 56.5 Å². The quantitative estimate of drug-likeness (QED) is 0.719. The van der Waals surface area contributed by atoms with Crippen molar-refractivity contribution in [1.82, 2.24) is 9.62 Å². The highest BCUT2D eigenvalue weighted by atomic mass is 35.5. The standard InChI is InChI=1S/C21H25ClN2O4S/c1-2-28-20-9-4-3-7-16(20)15-24(19-8-5-6-14-23-21(19)25)29(26,27)18-12-10-17(22)11-13-18/h3-4,7,9-13,19H,2,5-6,8,14-15H2,1H3,(H,23,25). The number of benzene rings is 2. The first-order valence-corrected chi connectivity index (χ1v) is 11.5. The van der Waals surface area contributed by atoms with Gasteiger partial charge in [0, 0.05) is 23.7 Å². The lowest BCUT2D eigenvalue weighted by Gasteiger charge is -2.29. The number of nitrogens with zero attached hydrogens (tertiary/aromatic N) is 1. The van der Waals surface area contributed by atoms with Gasteiger partial charge in [0.1, 0.15) is 11.8 Å². The predicted octanol–water partition coefficient (Wildman–Crippen LogP) is 3.60. The zero-order valence-electron chi connectivity index (χ0n) is 16.3. The van der Waals surface area contributed by atoms with Crippen molar-refractivity contribution in [1.29, 1.82) is 0 Å². The van der Waals surface area contributed by atoms with E-state index in [0.29, 0.717) is 35.9 Å². The van der Waals surface area contributed by atoms with Crippen LogP contribution in [0.3, 0.4) is 0 Å². The van der Waals surface area contributed by atoms with E-state index < -0.39 is 16.1 Å². The number of sulfonamides is 1. The largest absolute Gasteiger partial charge is 0.494 e. The van der Waals surface area contributed by atoms with Crippen molar-refractivity contribution in [2.45, 2.75) is 43.7 Å². The topological polar surface area (TPSA) is 75.7 Å². The van der Waals surface area contributed by atoms with Crippen LogP contribution in [0.15, 0.2) is 53.4 Å². The monoisotopic (exact) mass is 436 g/mol. The molecule has 1 saturated heterocycles. The maximum Gasteiger partial charge on any atom is 0.244 e. The van der Waals surface area contributed by atoms with Gasteiger partial charge in [0.15, 0.2) is 0 Å². The number of carbonyl (C=O) groups is 1. The molecule has 1 fully saturated rings. The molecule has 0 radical (unpaired) electrons. The van der Waals surface area contributed by atoms with E-state index >= 15 is 0 Å². The number of nitrogens with one attached hydrogen (secondary N) is 1. The molecule has 156 valence electrons. The van der Waals surface area contributed by atoms with Gasteiger partial charge in [-0.25, -0.2) is 8.42 Å². The minimum atomic E-state index is -3.94. The molecule has 1 aliphatic heterocycles. The number of amides is 1. The van der Waals surface area contributed by atoms with Gasteiger partial charge in [-0.1, -0.05) is 29.8 Å². The molecule has 8 heteroatoms. The summed E-state index contributed by atoms with van der Waals surface area (Å²) < 4.78 is 34.0. The van der Waals surface area contributed by atoms with E-state index in [9.17, 15) is 13.2 Å². The van der Waals surface area contributed by atoms with Gasteiger partial charge in [-0.15, -0.1) is 0 Å². The molecule has 1 aliphatic rings. The van der Waals surface area contributed by atoms with Crippen LogP contribution in [0, 0.1) is 0 Å². The number of carbonyl (C=O) groups excluding carboxylic acids is 1. The Morgan fingerprint density at radius 1 is 1.14 bits per heavy atom. The van der Waals surface area contributed by atoms with Crippen LogP contribution in [0.4, 0.5) is 0 Å². The first-order valence-electron chi connectivity index (χ1n) is 9.69. The molecule has 1 atom stereocenters. The predicted molar refractivity (Wildman–Crippen MR) is 112 cm³/mol. The smallest absolute Gasteiger partial charge is 0.244 e. The van der Waals surface area contributed by atoms with Crippen LogP contribution in [0.2, 0.25) is 5.02 Å². The lowest BCUT2D eigenvalue weighted by molar-refractivity contribution is -0.124. The summed E-state index contributed by atoms with van der Waals surface area (Å²) in [5, 5.41) is 3.28. The van der Waals surface area contributed by atoms with E-state index in [-0.39, 0.29) is 17.3 Å². The second-order valence-corrected chi connectivity index (χ2v) is 9.17. The second-order valence-electron chi connectivity index (χ2n) is 6.85. The third-order valence-corrected chi connectivity index (χ3v) is 6.99. The molecule has 2 aromatic carbocycles. The summed E-state index contributed by atoms with van der Waals surface area (Å²) in [6.45, 7) is 2.93. The molecule has 1 N–H and O–H groups in total. The fourth-order valence-corrected chi connectivity index (χ4v) is 5.12. The van der Waals surface area contributed by atoms with Crippen LogP contribution >= 0.6 is 11.6 Å². The van der Waals surface area contributed by atoms with E-state index in [2.05, 4.69) is 5.32 Å². The fourth-order valence-electron chi connectivity index (χ4n) is 3.40. The third-order valence-electron chi connectivity index (χ3n) is 4.87. The number of rotatable bonds is 7. The molecule has 0 bridgehead atoms. The van der Waals surface area contributed by atoms with Gasteiger partial charge >= 0.3 is 0 Å². The Morgan fingerprint density at radius 2 is 1.86 bits per heavy atom. The average molecular weight is 437 g/mol. The Balaban J connectivity index is 2.04. The highest BCUT2D eigenvalue weighted by Gasteiger charge is 2.37. The minimum Gasteiger partial charge on any atom is -0.494 e. The first kappa shape index (κ1) is 21.6. The number of para-hydroxylation sites is 1. The van der Waals surface area contributed by atoms with Gasteiger partial charge < -0.3 is 10.1 Å². The molecule has 1 amide bonds.